The molecule has 1 rings (SSSR count). The van der Waals surface area contributed by atoms with Crippen molar-refractivity contribution < 1.29 is 4.92 Å². The fourth-order valence-electron chi connectivity index (χ4n) is 1.89. The summed E-state index contributed by atoms with van der Waals surface area (Å²) in [5, 5.41) is 13.8. The molecule has 0 saturated carbocycles. The Kier molecular flexibility index (Phi) is 5.63. The first-order chi connectivity index (χ1) is 8.17. The van der Waals surface area contributed by atoms with E-state index in [9.17, 15) is 10.1 Å². The van der Waals surface area contributed by atoms with Crippen LogP contribution in [0.1, 0.15) is 31.7 Å². The molecule has 1 N–H and O–H groups in total. The lowest BCUT2D eigenvalue weighted by Crippen LogP contribution is -2.23. The molecule has 0 saturated heterocycles. The first-order valence-corrected chi connectivity index (χ1v) is 6.08. The molecule has 1 unspecified atom stereocenters. The molecule has 4 nitrogen and oxygen atoms in total. The highest BCUT2D eigenvalue weighted by atomic mass is 16.6. The minimum absolute atomic E-state index is 0.162. The molecule has 0 aliphatic carbocycles. The van der Waals surface area contributed by atoms with Crippen molar-refractivity contribution in [2.45, 2.75) is 38.6 Å². The summed E-state index contributed by atoms with van der Waals surface area (Å²) in [6.45, 7) is 2.17. The maximum absolute atomic E-state index is 10.5. The van der Waals surface area contributed by atoms with Gasteiger partial charge in [0.15, 0.2) is 0 Å². The van der Waals surface area contributed by atoms with Crippen LogP contribution in [0.15, 0.2) is 24.3 Å². The number of hydrogen-bond donors (Lipinski definition) is 1. The van der Waals surface area contributed by atoms with Gasteiger partial charge in [-0.15, -0.1) is 0 Å². The third kappa shape index (κ3) is 4.53. The van der Waals surface area contributed by atoms with Gasteiger partial charge < -0.3 is 5.32 Å². The number of nitrogens with zero attached hydrogens (tertiary/aromatic N) is 1. The SMILES string of the molecule is CCC(CCCc1ccc([N+](=O)[O-])cc1)NC. The van der Waals surface area contributed by atoms with Gasteiger partial charge in [0.05, 0.1) is 4.92 Å². The summed E-state index contributed by atoms with van der Waals surface area (Å²) >= 11 is 0. The van der Waals surface area contributed by atoms with E-state index >= 15 is 0 Å². The summed E-state index contributed by atoms with van der Waals surface area (Å²) in [6.07, 6.45) is 4.37. The highest BCUT2D eigenvalue weighted by molar-refractivity contribution is 5.32. The molecule has 0 aliphatic heterocycles. The van der Waals surface area contributed by atoms with Gasteiger partial charge in [0.25, 0.3) is 5.69 Å². The van der Waals surface area contributed by atoms with Crippen LogP contribution in [0.3, 0.4) is 0 Å². The van der Waals surface area contributed by atoms with Gasteiger partial charge in [-0.3, -0.25) is 10.1 Å². The van der Waals surface area contributed by atoms with Crippen molar-refractivity contribution in [3.8, 4) is 0 Å². The highest BCUT2D eigenvalue weighted by Gasteiger charge is 2.05. The molecule has 0 radical (unpaired) electrons. The number of benzene rings is 1. The molecule has 17 heavy (non-hydrogen) atoms. The number of aryl methyl sites for hydroxylation is 1. The lowest BCUT2D eigenvalue weighted by atomic mass is 10.0. The van der Waals surface area contributed by atoms with Crippen molar-refractivity contribution >= 4 is 5.69 Å². The Hall–Kier alpha value is -1.42. The predicted molar refractivity (Wildman–Crippen MR) is 69.2 cm³/mol. The Morgan fingerprint density at radius 1 is 1.35 bits per heavy atom. The molecule has 0 amide bonds. The number of nitro groups is 1. The maximum Gasteiger partial charge on any atom is 0.269 e. The molecule has 94 valence electrons. The second kappa shape index (κ2) is 7.01. The molecule has 0 heterocycles. The van der Waals surface area contributed by atoms with Gasteiger partial charge in [0, 0.05) is 18.2 Å². The molecule has 0 aliphatic rings. The minimum Gasteiger partial charge on any atom is -0.317 e. The Balaban J connectivity index is 2.39. The largest absolute Gasteiger partial charge is 0.317 e. The third-order valence-electron chi connectivity index (χ3n) is 3.07. The highest BCUT2D eigenvalue weighted by Crippen LogP contribution is 2.14. The van der Waals surface area contributed by atoms with Crippen LogP contribution in [0.4, 0.5) is 5.69 Å². The molecular weight excluding hydrogens is 216 g/mol. The number of hydrogen-bond acceptors (Lipinski definition) is 3. The van der Waals surface area contributed by atoms with E-state index in [1.807, 2.05) is 19.2 Å². The summed E-state index contributed by atoms with van der Waals surface area (Å²) in [5.74, 6) is 0. The summed E-state index contributed by atoms with van der Waals surface area (Å²) < 4.78 is 0. The Morgan fingerprint density at radius 2 is 2.00 bits per heavy atom. The molecule has 1 atom stereocenters. The van der Waals surface area contributed by atoms with Gasteiger partial charge in [-0.25, -0.2) is 0 Å². The first kappa shape index (κ1) is 13.6. The second-order valence-corrected chi connectivity index (χ2v) is 4.21. The van der Waals surface area contributed by atoms with Crippen LogP contribution in [-0.2, 0) is 6.42 Å². The summed E-state index contributed by atoms with van der Waals surface area (Å²) in [5.41, 5.74) is 1.33. The second-order valence-electron chi connectivity index (χ2n) is 4.21. The predicted octanol–water partition coefficient (Wildman–Crippen LogP) is 2.92. The van der Waals surface area contributed by atoms with Crippen molar-refractivity contribution in [1.82, 2.24) is 5.32 Å². The van der Waals surface area contributed by atoms with Crippen LogP contribution in [0.25, 0.3) is 0 Å². The van der Waals surface area contributed by atoms with E-state index in [-0.39, 0.29) is 10.6 Å². The van der Waals surface area contributed by atoms with E-state index in [0.29, 0.717) is 6.04 Å². The minimum atomic E-state index is -0.363. The molecule has 4 heteroatoms. The summed E-state index contributed by atoms with van der Waals surface area (Å²) in [7, 11) is 1.99. The molecule has 0 bridgehead atoms. The standard InChI is InChI=1S/C13H20N2O2/c1-3-12(14-2)6-4-5-11-7-9-13(10-8-11)15(16)17/h7-10,12,14H,3-6H2,1-2H3. The third-order valence-corrected chi connectivity index (χ3v) is 3.07. The first-order valence-electron chi connectivity index (χ1n) is 6.08. The average Bonchev–Trinajstić information content (AvgIpc) is 2.35. The van der Waals surface area contributed by atoms with Gasteiger partial charge in [0.1, 0.15) is 0 Å². The van der Waals surface area contributed by atoms with Crippen LogP contribution >= 0.6 is 0 Å². The quantitative estimate of drug-likeness (QED) is 0.585. The Morgan fingerprint density at radius 3 is 2.47 bits per heavy atom. The van der Waals surface area contributed by atoms with Crippen molar-refractivity contribution in [2.75, 3.05) is 7.05 Å². The Labute approximate surface area is 102 Å². The van der Waals surface area contributed by atoms with Crippen LogP contribution in [-0.4, -0.2) is 18.0 Å². The van der Waals surface area contributed by atoms with Crippen molar-refractivity contribution in [1.29, 1.82) is 0 Å². The lowest BCUT2D eigenvalue weighted by molar-refractivity contribution is -0.384. The van der Waals surface area contributed by atoms with E-state index in [1.165, 1.54) is 5.56 Å². The van der Waals surface area contributed by atoms with Gasteiger partial charge in [-0.1, -0.05) is 19.1 Å². The van der Waals surface area contributed by atoms with Crippen molar-refractivity contribution in [2.24, 2.45) is 0 Å². The van der Waals surface area contributed by atoms with E-state index in [2.05, 4.69) is 12.2 Å². The van der Waals surface area contributed by atoms with E-state index < -0.39 is 0 Å². The number of rotatable bonds is 7. The Bertz CT molecular complexity index is 345. The van der Waals surface area contributed by atoms with Gasteiger partial charge >= 0.3 is 0 Å². The molecule has 1 aromatic carbocycles. The molecule has 0 aromatic heterocycles. The monoisotopic (exact) mass is 236 g/mol. The van der Waals surface area contributed by atoms with Crippen molar-refractivity contribution in [3.63, 3.8) is 0 Å². The summed E-state index contributed by atoms with van der Waals surface area (Å²) in [4.78, 5) is 10.1. The summed E-state index contributed by atoms with van der Waals surface area (Å²) in [6, 6.07) is 7.42. The van der Waals surface area contributed by atoms with Gasteiger partial charge in [0.2, 0.25) is 0 Å². The van der Waals surface area contributed by atoms with Crippen LogP contribution in [0.2, 0.25) is 0 Å². The molecule has 1 aromatic rings. The van der Waals surface area contributed by atoms with Crippen LogP contribution in [0, 0.1) is 10.1 Å². The zero-order valence-electron chi connectivity index (χ0n) is 10.5. The fraction of sp³-hybridized carbons (Fsp3) is 0.538. The number of non-ortho nitro benzene ring substituents is 1. The van der Waals surface area contributed by atoms with E-state index in [0.717, 1.165) is 25.7 Å². The van der Waals surface area contributed by atoms with Gasteiger partial charge in [-0.2, -0.15) is 0 Å². The van der Waals surface area contributed by atoms with Crippen LogP contribution in [0.5, 0.6) is 0 Å². The lowest BCUT2D eigenvalue weighted by Gasteiger charge is -2.12. The zero-order valence-corrected chi connectivity index (χ0v) is 10.5. The van der Waals surface area contributed by atoms with Crippen molar-refractivity contribution in [3.05, 3.63) is 39.9 Å². The topological polar surface area (TPSA) is 55.2 Å². The zero-order chi connectivity index (χ0) is 12.7. The van der Waals surface area contributed by atoms with E-state index in [1.54, 1.807) is 12.1 Å². The smallest absolute Gasteiger partial charge is 0.269 e. The number of nitro benzene ring substituents is 1. The molecule has 0 fully saturated rings. The fourth-order valence-corrected chi connectivity index (χ4v) is 1.89. The molecular formula is C13H20N2O2. The number of nitrogens with one attached hydrogen (secondary N) is 1. The average molecular weight is 236 g/mol. The van der Waals surface area contributed by atoms with E-state index in [4.69, 9.17) is 0 Å². The maximum atomic E-state index is 10.5. The van der Waals surface area contributed by atoms with Crippen LogP contribution < -0.4 is 5.32 Å². The van der Waals surface area contributed by atoms with Gasteiger partial charge in [-0.05, 0) is 38.3 Å². The molecule has 0 spiro atoms. The normalized spacial score (nSPS) is 12.4.